The van der Waals surface area contributed by atoms with Gasteiger partial charge in [0, 0.05) is 23.5 Å². The van der Waals surface area contributed by atoms with Gasteiger partial charge in [-0.3, -0.25) is 0 Å². The van der Waals surface area contributed by atoms with Crippen molar-refractivity contribution in [3.63, 3.8) is 0 Å². The molecule has 4 N–H and O–H groups in total. The first-order valence-electron chi connectivity index (χ1n) is 9.17. The molecule has 0 amide bonds. The largest absolute Gasteiger partial charge is 0.377 e. The molecule has 0 aliphatic heterocycles. The van der Waals surface area contributed by atoms with Gasteiger partial charge in [0.05, 0.1) is 6.07 Å². The Morgan fingerprint density at radius 2 is 1.39 bits per heavy atom. The van der Waals surface area contributed by atoms with Crippen LogP contribution in [0.2, 0.25) is 0 Å². The number of nitrogens with one attached hydrogen (secondary N) is 1. The summed E-state index contributed by atoms with van der Waals surface area (Å²) in [6.45, 7) is 0. The van der Waals surface area contributed by atoms with E-state index in [-0.39, 0.29) is 6.42 Å². The molecule has 4 aromatic rings. The van der Waals surface area contributed by atoms with Crippen LogP contribution >= 0.6 is 0 Å². The van der Waals surface area contributed by atoms with E-state index in [2.05, 4.69) is 11.1 Å². The third kappa shape index (κ3) is 2.78. The number of benzene rings is 3. The molecule has 138 valence electrons. The second-order valence-electron chi connectivity index (χ2n) is 7.06. The zero-order valence-electron chi connectivity index (χ0n) is 15.3. The maximum absolute atomic E-state index is 12.0. The van der Waals surface area contributed by atoms with Crippen molar-refractivity contribution in [3.8, 4) is 6.07 Å². The minimum absolute atomic E-state index is 0.188. The van der Waals surface area contributed by atoms with E-state index in [1.54, 1.807) is 24.3 Å². The fourth-order valence-corrected chi connectivity index (χ4v) is 3.87. The Kier molecular flexibility index (Phi) is 4.48. The molecule has 1 atom stereocenters. The van der Waals surface area contributed by atoms with E-state index in [0.29, 0.717) is 11.1 Å². The third-order valence-electron chi connectivity index (χ3n) is 5.37. The van der Waals surface area contributed by atoms with Crippen molar-refractivity contribution >= 4 is 10.9 Å². The zero-order chi connectivity index (χ0) is 19.6. The molecule has 0 saturated heterocycles. The highest BCUT2D eigenvalue weighted by Gasteiger charge is 2.51. The fourth-order valence-electron chi connectivity index (χ4n) is 3.87. The standard InChI is InChI=1S/C24H21N3O/c25-17-23(26,15-18-16-27-22-14-8-7-13-21(18)22)24(28,19-9-3-1-4-10-19)20-11-5-2-6-12-20/h1-14,16,27-28H,15,26H2. The highest BCUT2D eigenvalue weighted by Crippen LogP contribution is 2.40. The molecule has 1 heterocycles. The van der Waals surface area contributed by atoms with Crippen molar-refractivity contribution in [2.75, 3.05) is 0 Å². The van der Waals surface area contributed by atoms with E-state index in [1.807, 2.05) is 66.9 Å². The highest BCUT2D eigenvalue weighted by molar-refractivity contribution is 5.83. The molecule has 0 aliphatic rings. The predicted octanol–water partition coefficient (Wildman–Crippen LogP) is 3.87. The Morgan fingerprint density at radius 3 is 1.96 bits per heavy atom. The number of aromatic amines is 1. The predicted molar refractivity (Wildman–Crippen MR) is 110 cm³/mol. The quantitative estimate of drug-likeness (QED) is 0.500. The lowest BCUT2D eigenvalue weighted by Gasteiger charge is -2.41. The summed E-state index contributed by atoms with van der Waals surface area (Å²) in [6, 6.07) is 28.4. The first kappa shape index (κ1) is 18.0. The van der Waals surface area contributed by atoms with Gasteiger partial charge in [-0.15, -0.1) is 0 Å². The van der Waals surface area contributed by atoms with Gasteiger partial charge in [0.15, 0.2) is 0 Å². The van der Waals surface area contributed by atoms with Crippen LogP contribution in [0.3, 0.4) is 0 Å². The number of aliphatic hydroxyl groups is 1. The Hall–Kier alpha value is -3.39. The number of fused-ring (bicyclic) bond motifs is 1. The molecule has 4 rings (SSSR count). The van der Waals surface area contributed by atoms with Crippen LogP contribution in [0.5, 0.6) is 0 Å². The molecule has 0 fully saturated rings. The summed E-state index contributed by atoms with van der Waals surface area (Å²) in [6.07, 6.45) is 2.05. The van der Waals surface area contributed by atoms with Gasteiger partial charge >= 0.3 is 0 Å². The zero-order valence-corrected chi connectivity index (χ0v) is 15.3. The number of H-pyrrole nitrogens is 1. The maximum Gasteiger partial charge on any atom is 0.146 e. The molecule has 1 unspecified atom stereocenters. The normalized spacial score (nSPS) is 13.8. The van der Waals surface area contributed by atoms with Crippen molar-refractivity contribution in [1.82, 2.24) is 4.98 Å². The van der Waals surface area contributed by atoms with E-state index in [4.69, 9.17) is 5.73 Å². The van der Waals surface area contributed by atoms with Gasteiger partial charge in [-0.2, -0.15) is 5.26 Å². The Bertz CT molecular complexity index is 1090. The number of rotatable bonds is 5. The molecule has 0 saturated carbocycles. The maximum atomic E-state index is 12.0. The number of nitrogens with two attached hydrogens (primary N) is 1. The summed E-state index contributed by atoms with van der Waals surface area (Å²) in [5.74, 6) is 0. The lowest BCUT2D eigenvalue weighted by Crippen LogP contribution is -2.59. The van der Waals surface area contributed by atoms with E-state index in [1.165, 1.54) is 0 Å². The van der Waals surface area contributed by atoms with Crippen LogP contribution in [0.4, 0.5) is 0 Å². The lowest BCUT2D eigenvalue weighted by atomic mass is 9.69. The number of aromatic nitrogens is 1. The molecule has 0 radical (unpaired) electrons. The molecule has 28 heavy (non-hydrogen) atoms. The van der Waals surface area contributed by atoms with Gasteiger partial charge in [0.2, 0.25) is 0 Å². The monoisotopic (exact) mass is 367 g/mol. The molecule has 3 aromatic carbocycles. The number of hydrogen-bond acceptors (Lipinski definition) is 3. The van der Waals surface area contributed by atoms with Gasteiger partial charge in [0.1, 0.15) is 11.1 Å². The van der Waals surface area contributed by atoms with E-state index in [0.717, 1.165) is 16.5 Å². The third-order valence-corrected chi connectivity index (χ3v) is 5.37. The van der Waals surface area contributed by atoms with Crippen LogP contribution in [0, 0.1) is 11.3 Å². The lowest BCUT2D eigenvalue weighted by molar-refractivity contribution is 0.0219. The summed E-state index contributed by atoms with van der Waals surface area (Å²) in [5.41, 5.74) is 6.48. The van der Waals surface area contributed by atoms with Crippen molar-refractivity contribution in [2.45, 2.75) is 17.6 Å². The minimum Gasteiger partial charge on any atom is -0.377 e. The minimum atomic E-state index is -1.68. The van der Waals surface area contributed by atoms with Crippen molar-refractivity contribution in [1.29, 1.82) is 5.26 Å². The Labute approximate surface area is 163 Å². The van der Waals surface area contributed by atoms with Gasteiger partial charge in [-0.1, -0.05) is 78.9 Å². The van der Waals surface area contributed by atoms with E-state index >= 15 is 0 Å². The first-order valence-corrected chi connectivity index (χ1v) is 9.17. The second kappa shape index (κ2) is 6.97. The second-order valence-corrected chi connectivity index (χ2v) is 7.06. The van der Waals surface area contributed by atoms with Gasteiger partial charge in [-0.05, 0) is 22.8 Å². The number of hydrogen-bond donors (Lipinski definition) is 3. The topological polar surface area (TPSA) is 85.8 Å². The van der Waals surface area contributed by atoms with Gasteiger partial charge < -0.3 is 15.8 Å². The molecule has 0 spiro atoms. The van der Waals surface area contributed by atoms with Crippen LogP contribution in [-0.2, 0) is 12.0 Å². The van der Waals surface area contributed by atoms with E-state index < -0.39 is 11.1 Å². The van der Waals surface area contributed by atoms with Crippen LogP contribution in [0.25, 0.3) is 10.9 Å². The summed E-state index contributed by atoms with van der Waals surface area (Å²) in [5, 5.41) is 23.2. The molecular weight excluding hydrogens is 346 g/mol. The smallest absolute Gasteiger partial charge is 0.146 e. The van der Waals surface area contributed by atoms with Crippen LogP contribution in [0.15, 0.2) is 91.1 Å². The Morgan fingerprint density at radius 1 is 0.857 bits per heavy atom. The molecule has 0 bridgehead atoms. The summed E-state index contributed by atoms with van der Waals surface area (Å²) in [7, 11) is 0. The molecule has 1 aromatic heterocycles. The molecule has 4 heteroatoms. The number of para-hydroxylation sites is 1. The fraction of sp³-hybridized carbons (Fsp3) is 0.125. The Balaban J connectivity index is 1.89. The van der Waals surface area contributed by atoms with Crippen molar-refractivity contribution in [3.05, 3.63) is 108 Å². The first-order chi connectivity index (χ1) is 13.6. The van der Waals surface area contributed by atoms with Crippen molar-refractivity contribution in [2.24, 2.45) is 5.73 Å². The number of nitriles is 1. The molecule has 0 aliphatic carbocycles. The molecular formula is C24H21N3O. The average Bonchev–Trinajstić information content (AvgIpc) is 3.17. The molecule has 4 nitrogen and oxygen atoms in total. The summed E-state index contributed by atoms with van der Waals surface area (Å²) in [4.78, 5) is 3.22. The number of nitrogens with zero attached hydrogens (tertiary/aromatic N) is 1. The van der Waals surface area contributed by atoms with Crippen molar-refractivity contribution < 1.29 is 5.11 Å². The summed E-state index contributed by atoms with van der Waals surface area (Å²) < 4.78 is 0. The van der Waals surface area contributed by atoms with Gasteiger partial charge in [-0.25, -0.2) is 0 Å². The van der Waals surface area contributed by atoms with Crippen LogP contribution in [0.1, 0.15) is 16.7 Å². The average molecular weight is 367 g/mol. The summed E-state index contributed by atoms with van der Waals surface area (Å²) >= 11 is 0. The van der Waals surface area contributed by atoms with E-state index in [9.17, 15) is 10.4 Å². The van der Waals surface area contributed by atoms with Crippen LogP contribution in [-0.4, -0.2) is 15.6 Å². The highest BCUT2D eigenvalue weighted by atomic mass is 16.3. The SMILES string of the molecule is N#CC(N)(Cc1c[nH]c2ccccc12)C(O)(c1ccccc1)c1ccccc1. The van der Waals surface area contributed by atoms with Gasteiger partial charge in [0.25, 0.3) is 0 Å². The van der Waals surface area contributed by atoms with Crippen LogP contribution < -0.4 is 5.73 Å².